The average molecular weight is 278 g/mol. The van der Waals surface area contributed by atoms with Gasteiger partial charge in [-0.2, -0.15) is 0 Å². The molecule has 0 spiro atoms. The van der Waals surface area contributed by atoms with Gasteiger partial charge in [0.15, 0.2) is 11.5 Å². The number of rotatable bonds is 6. The van der Waals surface area contributed by atoms with Crippen LogP contribution in [-0.2, 0) is 6.54 Å². The summed E-state index contributed by atoms with van der Waals surface area (Å²) in [5.41, 5.74) is 1.23. The highest BCUT2D eigenvalue weighted by Gasteiger charge is 2.15. The number of nitrogens with one attached hydrogen (secondary N) is 1. The van der Waals surface area contributed by atoms with Crippen LogP contribution in [0.1, 0.15) is 19.4 Å². The predicted molar refractivity (Wildman–Crippen MR) is 81.5 cm³/mol. The van der Waals surface area contributed by atoms with Gasteiger partial charge in [-0.15, -0.1) is 0 Å². The second kappa shape index (κ2) is 6.95. The first-order chi connectivity index (χ1) is 9.56. The molecule has 1 aromatic carbocycles. The summed E-state index contributed by atoms with van der Waals surface area (Å²) in [5, 5.41) is 3.64. The minimum absolute atomic E-state index is 0.484. The first kappa shape index (κ1) is 15.1. The molecule has 1 aliphatic heterocycles. The zero-order chi connectivity index (χ0) is 14.5. The molecule has 0 saturated carbocycles. The molecule has 0 fully saturated rings. The molecule has 0 saturated heterocycles. The van der Waals surface area contributed by atoms with Crippen molar-refractivity contribution in [2.45, 2.75) is 26.4 Å². The molecule has 1 aliphatic rings. The number of benzene rings is 1. The molecule has 112 valence electrons. The van der Waals surface area contributed by atoms with E-state index < -0.39 is 0 Å². The molecule has 2 rings (SSSR count). The van der Waals surface area contributed by atoms with Crippen LogP contribution < -0.4 is 14.8 Å². The van der Waals surface area contributed by atoms with Gasteiger partial charge in [-0.05, 0) is 37.7 Å². The maximum atomic E-state index is 5.62. The molecule has 1 atom stereocenters. The normalized spacial score (nSPS) is 15.7. The molecule has 0 radical (unpaired) electrons. The van der Waals surface area contributed by atoms with Gasteiger partial charge in [-0.25, -0.2) is 0 Å². The highest BCUT2D eigenvalue weighted by molar-refractivity contribution is 5.43. The van der Waals surface area contributed by atoms with Crippen molar-refractivity contribution in [3.8, 4) is 11.5 Å². The van der Waals surface area contributed by atoms with Crippen LogP contribution in [0.2, 0.25) is 0 Å². The van der Waals surface area contributed by atoms with Gasteiger partial charge in [0, 0.05) is 19.1 Å². The second-order valence-corrected chi connectivity index (χ2v) is 5.97. The number of likely N-dealkylation sites (N-methyl/N-ethyl adjacent to an activating group) is 1. The minimum Gasteiger partial charge on any atom is -0.486 e. The quantitative estimate of drug-likeness (QED) is 0.864. The highest BCUT2D eigenvalue weighted by Crippen LogP contribution is 2.30. The van der Waals surface area contributed by atoms with Gasteiger partial charge >= 0.3 is 0 Å². The third kappa shape index (κ3) is 4.12. The van der Waals surface area contributed by atoms with Crippen LogP contribution in [0.3, 0.4) is 0 Å². The predicted octanol–water partition coefficient (Wildman–Crippen LogP) is 2.13. The van der Waals surface area contributed by atoms with Crippen LogP contribution in [0.4, 0.5) is 0 Å². The van der Waals surface area contributed by atoms with Crippen molar-refractivity contribution in [2.24, 2.45) is 5.92 Å². The first-order valence-corrected chi connectivity index (χ1v) is 7.33. The number of nitrogens with zero attached hydrogens (tertiary/aromatic N) is 1. The Kier molecular flexibility index (Phi) is 5.26. The molecule has 1 aromatic rings. The van der Waals surface area contributed by atoms with Crippen molar-refractivity contribution in [2.75, 3.05) is 33.9 Å². The Morgan fingerprint density at radius 2 is 1.85 bits per heavy atom. The SMILES string of the molecule is CC(C)C(CN(C)C)NCc1ccc2c(c1)OCCO2. The number of hydrogen-bond donors (Lipinski definition) is 1. The van der Waals surface area contributed by atoms with E-state index in [9.17, 15) is 0 Å². The molecule has 1 N–H and O–H groups in total. The Morgan fingerprint density at radius 1 is 1.15 bits per heavy atom. The lowest BCUT2D eigenvalue weighted by Crippen LogP contribution is -2.41. The fraction of sp³-hybridized carbons (Fsp3) is 0.625. The van der Waals surface area contributed by atoms with Gasteiger partial charge in [0.25, 0.3) is 0 Å². The summed E-state index contributed by atoms with van der Waals surface area (Å²) in [6.45, 7) is 7.69. The molecule has 4 heteroatoms. The fourth-order valence-electron chi connectivity index (χ4n) is 2.35. The summed E-state index contributed by atoms with van der Waals surface area (Å²) in [7, 11) is 4.22. The van der Waals surface area contributed by atoms with Gasteiger partial charge in [0.2, 0.25) is 0 Å². The van der Waals surface area contributed by atoms with E-state index in [1.54, 1.807) is 0 Å². The summed E-state index contributed by atoms with van der Waals surface area (Å²) >= 11 is 0. The van der Waals surface area contributed by atoms with Crippen LogP contribution in [-0.4, -0.2) is 44.8 Å². The monoisotopic (exact) mass is 278 g/mol. The van der Waals surface area contributed by atoms with Crippen molar-refractivity contribution in [1.82, 2.24) is 10.2 Å². The van der Waals surface area contributed by atoms with E-state index >= 15 is 0 Å². The number of fused-ring (bicyclic) bond motifs is 1. The molecule has 1 heterocycles. The van der Waals surface area contributed by atoms with Gasteiger partial charge in [0.1, 0.15) is 13.2 Å². The van der Waals surface area contributed by atoms with Gasteiger partial charge in [0.05, 0.1) is 0 Å². The third-order valence-electron chi connectivity index (χ3n) is 3.54. The molecule has 0 amide bonds. The van der Waals surface area contributed by atoms with Crippen LogP contribution in [0.25, 0.3) is 0 Å². The van der Waals surface area contributed by atoms with Crippen molar-refractivity contribution < 1.29 is 9.47 Å². The fourth-order valence-corrected chi connectivity index (χ4v) is 2.35. The molecular formula is C16H26N2O2. The van der Waals surface area contributed by atoms with E-state index in [2.05, 4.69) is 50.3 Å². The lowest BCUT2D eigenvalue weighted by atomic mass is 10.0. The molecule has 1 unspecified atom stereocenters. The van der Waals surface area contributed by atoms with E-state index in [0.717, 1.165) is 24.6 Å². The van der Waals surface area contributed by atoms with Crippen molar-refractivity contribution in [3.05, 3.63) is 23.8 Å². The summed E-state index contributed by atoms with van der Waals surface area (Å²) in [5.74, 6) is 2.33. The van der Waals surface area contributed by atoms with Crippen LogP contribution in [0, 0.1) is 5.92 Å². The summed E-state index contributed by atoms with van der Waals surface area (Å²) in [4.78, 5) is 2.22. The Labute approximate surface area is 122 Å². The van der Waals surface area contributed by atoms with E-state index in [1.165, 1.54) is 5.56 Å². The molecule has 0 aromatic heterocycles. The molecular weight excluding hydrogens is 252 g/mol. The Bertz CT molecular complexity index is 432. The van der Waals surface area contributed by atoms with Gasteiger partial charge in [-0.1, -0.05) is 19.9 Å². The molecule has 0 bridgehead atoms. The zero-order valence-corrected chi connectivity index (χ0v) is 13.0. The van der Waals surface area contributed by atoms with Crippen molar-refractivity contribution in [1.29, 1.82) is 0 Å². The maximum absolute atomic E-state index is 5.62. The van der Waals surface area contributed by atoms with Gasteiger partial charge < -0.3 is 19.7 Å². The number of ether oxygens (including phenoxy) is 2. The minimum atomic E-state index is 0.484. The first-order valence-electron chi connectivity index (χ1n) is 7.33. The zero-order valence-electron chi connectivity index (χ0n) is 13.0. The number of hydrogen-bond acceptors (Lipinski definition) is 4. The van der Waals surface area contributed by atoms with Crippen LogP contribution >= 0.6 is 0 Å². The highest BCUT2D eigenvalue weighted by atomic mass is 16.6. The lowest BCUT2D eigenvalue weighted by Gasteiger charge is -2.26. The molecule has 20 heavy (non-hydrogen) atoms. The summed E-state index contributed by atoms with van der Waals surface area (Å²) < 4.78 is 11.2. The van der Waals surface area contributed by atoms with E-state index in [0.29, 0.717) is 25.2 Å². The van der Waals surface area contributed by atoms with Crippen LogP contribution in [0.15, 0.2) is 18.2 Å². The summed E-state index contributed by atoms with van der Waals surface area (Å²) in [6.07, 6.45) is 0. The summed E-state index contributed by atoms with van der Waals surface area (Å²) in [6, 6.07) is 6.67. The Balaban J connectivity index is 1.95. The maximum Gasteiger partial charge on any atom is 0.161 e. The molecule has 4 nitrogen and oxygen atoms in total. The Morgan fingerprint density at radius 3 is 2.50 bits per heavy atom. The largest absolute Gasteiger partial charge is 0.486 e. The van der Waals surface area contributed by atoms with Crippen molar-refractivity contribution >= 4 is 0 Å². The molecule has 0 aliphatic carbocycles. The van der Waals surface area contributed by atoms with E-state index in [-0.39, 0.29) is 0 Å². The van der Waals surface area contributed by atoms with Crippen molar-refractivity contribution in [3.63, 3.8) is 0 Å². The van der Waals surface area contributed by atoms with Gasteiger partial charge in [-0.3, -0.25) is 0 Å². The second-order valence-electron chi connectivity index (χ2n) is 5.97. The lowest BCUT2D eigenvalue weighted by molar-refractivity contribution is 0.171. The van der Waals surface area contributed by atoms with Crippen LogP contribution in [0.5, 0.6) is 11.5 Å². The van der Waals surface area contributed by atoms with E-state index in [4.69, 9.17) is 9.47 Å². The Hall–Kier alpha value is -1.26. The third-order valence-corrected chi connectivity index (χ3v) is 3.54. The van der Waals surface area contributed by atoms with E-state index in [1.807, 2.05) is 6.07 Å². The smallest absolute Gasteiger partial charge is 0.161 e. The average Bonchev–Trinajstić information content (AvgIpc) is 2.42. The standard InChI is InChI=1S/C16H26N2O2/c1-12(2)14(11-18(3)4)17-10-13-5-6-15-16(9-13)20-8-7-19-15/h5-6,9,12,14,17H,7-8,10-11H2,1-4H3. The topological polar surface area (TPSA) is 33.7 Å².